The molecule has 0 bridgehead atoms. The number of carbonyl (C=O) groups excluding carboxylic acids is 1. The van der Waals surface area contributed by atoms with Crippen molar-refractivity contribution >= 4 is 35.8 Å². The Morgan fingerprint density at radius 2 is 1.90 bits per heavy atom. The van der Waals surface area contributed by atoms with Gasteiger partial charge in [-0.25, -0.2) is 0 Å². The van der Waals surface area contributed by atoms with Gasteiger partial charge in [0.25, 0.3) is 5.91 Å². The normalized spacial score (nSPS) is 18.9. The third-order valence-electron chi connectivity index (χ3n) is 5.05. The number of nitrogens with zero attached hydrogens (tertiary/aromatic N) is 1. The first-order valence-corrected chi connectivity index (χ1v) is 10.1. The Kier molecular flexibility index (Phi) is 10.2. The van der Waals surface area contributed by atoms with Crippen LogP contribution in [0, 0.1) is 12.8 Å². The lowest BCUT2D eigenvalue weighted by atomic mass is 9.89. The summed E-state index contributed by atoms with van der Waals surface area (Å²) in [4.78, 5) is 16.1. The van der Waals surface area contributed by atoms with Crippen LogP contribution in [0.2, 0.25) is 0 Å². The van der Waals surface area contributed by atoms with Crippen molar-refractivity contribution < 1.29 is 13.9 Å². The minimum atomic E-state index is -0.222. The summed E-state index contributed by atoms with van der Waals surface area (Å²) in [6.07, 6.45) is 3.77. The van der Waals surface area contributed by atoms with Crippen LogP contribution in [0.1, 0.15) is 40.6 Å². The topological polar surface area (TPSA) is 87.9 Å². The van der Waals surface area contributed by atoms with E-state index in [9.17, 15) is 4.79 Å². The molecule has 7 nitrogen and oxygen atoms in total. The molecule has 8 heteroatoms. The van der Waals surface area contributed by atoms with E-state index in [-0.39, 0.29) is 36.0 Å². The number of aliphatic imine (C=N–C) groups is 1. The molecule has 1 fully saturated rings. The number of rotatable bonds is 7. The molecule has 1 aliphatic heterocycles. The molecule has 2 unspecified atom stereocenters. The van der Waals surface area contributed by atoms with Crippen LogP contribution in [0.5, 0.6) is 0 Å². The van der Waals surface area contributed by atoms with Crippen molar-refractivity contribution in [2.24, 2.45) is 10.9 Å². The second-order valence-electron chi connectivity index (χ2n) is 7.22. The zero-order valence-electron chi connectivity index (χ0n) is 17.5. The fourth-order valence-corrected chi connectivity index (χ4v) is 3.48. The highest BCUT2D eigenvalue weighted by Gasteiger charge is 2.27. The molecule has 1 aromatic heterocycles. The molecule has 2 atom stereocenters. The maximum atomic E-state index is 11.9. The standard InChI is InChI=1S/C22H30N4O3.HI/c1-16-7-9-17(10-8-16)20-18(5-3-14-29-20)15-26-22(23-2)25-12-11-24-21(27)19-6-4-13-28-19;/h4,6-10,13,18,20H,3,5,11-12,14-15H2,1-2H3,(H,24,27)(H2,23,25,26);1H. The first-order chi connectivity index (χ1) is 14.2. The van der Waals surface area contributed by atoms with Crippen molar-refractivity contribution in [2.75, 3.05) is 33.3 Å². The van der Waals surface area contributed by atoms with E-state index in [0.29, 0.717) is 30.7 Å². The van der Waals surface area contributed by atoms with E-state index >= 15 is 0 Å². The highest BCUT2D eigenvalue weighted by molar-refractivity contribution is 14.0. The Morgan fingerprint density at radius 1 is 1.13 bits per heavy atom. The summed E-state index contributed by atoms with van der Waals surface area (Å²) in [5.74, 6) is 1.18. The molecule has 1 amide bonds. The van der Waals surface area contributed by atoms with Gasteiger partial charge >= 0.3 is 0 Å². The van der Waals surface area contributed by atoms with Crippen molar-refractivity contribution in [3.05, 3.63) is 59.5 Å². The highest BCUT2D eigenvalue weighted by atomic mass is 127. The van der Waals surface area contributed by atoms with Gasteiger partial charge in [-0.15, -0.1) is 24.0 Å². The molecule has 30 heavy (non-hydrogen) atoms. The molecule has 0 spiro atoms. The molecular formula is C22H31IN4O3. The summed E-state index contributed by atoms with van der Waals surface area (Å²) in [5, 5.41) is 9.42. The largest absolute Gasteiger partial charge is 0.459 e. The number of halogens is 1. The monoisotopic (exact) mass is 526 g/mol. The lowest BCUT2D eigenvalue weighted by Gasteiger charge is -2.32. The van der Waals surface area contributed by atoms with E-state index in [0.717, 1.165) is 26.0 Å². The lowest BCUT2D eigenvalue weighted by molar-refractivity contribution is -0.0265. The summed E-state index contributed by atoms with van der Waals surface area (Å²) < 4.78 is 11.2. The Balaban J connectivity index is 0.00000320. The fourth-order valence-electron chi connectivity index (χ4n) is 3.48. The predicted octanol–water partition coefficient (Wildman–Crippen LogP) is 3.27. The van der Waals surface area contributed by atoms with Crippen LogP contribution in [-0.2, 0) is 4.74 Å². The van der Waals surface area contributed by atoms with Gasteiger partial charge < -0.3 is 25.1 Å². The van der Waals surface area contributed by atoms with Crippen LogP contribution in [0.15, 0.2) is 52.1 Å². The van der Waals surface area contributed by atoms with E-state index in [1.165, 1.54) is 17.4 Å². The minimum absolute atomic E-state index is 0. The van der Waals surface area contributed by atoms with Crippen molar-refractivity contribution in [1.82, 2.24) is 16.0 Å². The Labute approximate surface area is 195 Å². The average molecular weight is 526 g/mol. The summed E-state index contributed by atoms with van der Waals surface area (Å²) in [6.45, 7) is 4.71. The number of ether oxygens (including phenoxy) is 1. The van der Waals surface area contributed by atoms with E-state index in [2.05, 4.69) is 52.1 Å². The van der Waals surface area contributed by atoms with Gasteiger partial charge in [0.2, 0.25) is 0 Å². The van der Waals surface area contributed by atoms with Crippen molar-refractivity contribution in [3.63, 3.8) is 0 Å². The van der Waals surface area contributed by atoms with E-state index in [1.807, 2.05) is 0 Å². The van der Waals surface area contributed by atoms with Gasteiger partial charge in [-0.2, -0.15) is 0 Å². The highest BCUT2D eigenvalue weighted by Crippen LogP contribution is 2.33. The summed E-state index contributed by atoms with van der Waals surface area (Å²) in [7, 11) is 1.74. The molecule has 0 aliphatic carbocycles. The first-order valence-electron chi connectivity index (χ1n) is 10.1. The average Bonchev–Trinajstić information content (AvgIpc) is 3.29. The van der Waals surface area contributed by atoms with E-state index in [4.69, 9.17) is 9.15 Å². The number of nitrogens with one attached hydrogen (secondary N) is 3. The summed E-state index contributed by atoms with van der Waals surface area (Å²) in [5.41, 5.74) is 2.48. The van der Waals surface area contributed by atoms with E-state index in [1.54, 1.807) is 19.2 Å². The molecule has 3 rings (SSSR count). The van der Waals surface area contributed by atoms with Crippen LogP contribution in [-0.4, -0.2) is 45.2 Å². The number of furan rings is 1. The number of aryl methyl sites for hydroxylation is 1. The van der Waals surface area contributed by atoms with Gasteiger partial charge in [0.1, 0.15) is 0 Å². The molecule has 1 saturated heterocycles. The Morgan fingerprint density at radius 3 is 2.60 bits per heavy atom. The smallest absolute Gasteiger partial charge is 0.287 e. The van der Waals surface area contributed by atoms with Gasteiger partial charge in [-0.3, -0.25) is 9.79 Å². The number of guanidine groups is 1. The third-order valence-corrected chi connectivity index (χ3v) is 5.05. The molecule has 1 aromatic carbocycles. The molecule has 3 N–H and O–H groups in total. The van der Waals surface area contributed by atoms with Crippen molar-refractivity contribution in [3.8, 4) is 0 Å². The summed E-state index contributed by atoms with van der Waals surface area (Å²) >= 11 is 0. The zero-order valence-corrected chi connectivity index (χ0v) is 19.8. The third kappa shape index (κ3) is 7.02. The fraction of sp³-hybridized carbons (Fsp3) is 0.455. The Hall–Kier alpha value is -2.07. The van der Waals surface area contributed by atoms with E-state index < -0.39 is 0 Å². The second-order valence-corrected chi connectivity index (χ2v) is 7.22. The molecule has 1 aliphatic rings. The minimum Gasteiger partial charge on any atom is -0.459 e. The number of hydrogen-bond acceptors (Lipinski definition) is 4. The lowest BCUT2D eigenvalue weighted by Crippen LogP contribution is -2.44. The molecule has 164 valence electrons. The van der Waals surface area contributed by atoms with Gasteiger partial charge in [-0.1, -0.05) is 29.8 Å². The molecule has 0 radical (unpaired) electrons. The maximum Gasteiger partial charge on any atom is 0.287 e. The maximum absolute atomic E-state index is 11.9. The SMILES string of the molecule is CN=C(NCCNC(=O)c1ccco1)NCC1CCCOC1c1ccc(C)cc1.I. The van der Waals surface area contributed by atoms with Gasteiger partial charge in [-0.05, 0) is 37.5 Å². The molecule has 2 aromatic rings. The van der Waals surface area contributed by atoms with Gasteiger partial charge in [0.05, 0.1) is 12.4 Å². The molecule has 2 heterocycles. The number of benzene rings is 1. The van der Waals surface area contributed by atoms with Crippen LogP contribution in [0.25, 0.3) is 0 Å². The van der Waals surface area contributed by atoms with Crippen LogP contribution in [0.4, 0.5) is 0 Å². The predicted molar refractivity (Wildman–Crippen MR) is 128 cm³/mol. The first kappa shape index (κ1) is 24.2. The number of carbonyl (C=O) groups is 1. The van der Waals surface area contributed by atoms with Crippen LogP contribution < -0.4 is 16.0 Å². The zero-order chi connectivity index (χ0) is 20.5. The van der Waals surface area contributed by atoms with Crippen LogP contribution >= 0.6 is 24.0 Å². The van der Waals surface area contributed by atoms with Gasteiger partial charge in [0.15, 0.2) is 11.7 Å². The molecule has 0 saturated carbocycles. The van der Waals surface area contributed by atoms with Crippen molar-refractivity contribution in [1.29, 1.82) is 0 Å². The number of hydrogen-bond donors (Lipinski definition) is 3. The van der Waals surface area contributed by atoms with Gasteiger partial charge in [0, 0.05) is 39.2 Å². The van der Waals surface area contributed by atoms with Crippen molar-refractivity contribution in [2.45, 2.75) is 25.9 Å². The number of amides is 1. The quantitative estimate of drug-likeness (QED) is 0.223. The summed E-state index contributed by atoms with van der Waals surface area (Å²) in [6, 6.07) is 11.9. The second kappa shape index (κ2) is 12.6. The van der Waals surface area contributed by atoms with Crippen LogP contribution in [0.3, 0.4) is 0 Å². The molecular weight excluding hydrogens is 495 g/mol. The Bertz CT molecular complexity index is 793.